The van der Waals surface area contributed by atoms with Gasteiger partial charge < -0.3 is 15.5 Å². The SMILES string of the molecule is CC(C)C1Nc2ccccc2N1c1cccc(-c2cccc(-c3ccc(-c4cccc(C5N=C(c6ccccc6)C=C(c6ccccc6-c6ccccc6)N5)c4)cc3)c2)c1. The predicted octanol–water partition coefficient (Wildman–Crippen LogP) is 14.0. The van der Waals surface area contributed by atoms with Gasteiger partial charge in [0.25, 0.3) is 0 Å². The number of aliphatic imine (C=N–C) groups is 1. The van der Waals surface area contributed by atoms with Crippen molar-refractivity contribution in [3.63, 3.8) is 0 Å². The number of hydrogen-bond acceptors (Lipinski definition) is 4. The molecule has 0 bridgehead atoms. The van der Waals surface area contributed by atoms with E-state index in [0.717, 1.165) is 39.2 Å². The van der Waals surface area contributed by atoms with Gasteiger partial charge in [-0.25, -0.2) is 0 Å². The Balaban J connectivity index is 0.926. The smallest absolute Gasteiger partial charge is 0.145 e. The van der Waals surface area contributed by atoms with Gasteiger partial charge in [0.15, 0.2) is 0 Å². The molecule has 0 aromatic heterocycles. The summed E-state index contributed by atoms with van der Waals surface area (Å²) in [4.78, 5) is 7.74. The van der Waals surface area contributed by atoms with E-state index in [1.807, 2.05) is 0 Å². The number of para-hydroxylation sites is 2. The molecule has 0 radical (unpaired) electrons. The molecule has 0 spiro atoms. The van der Waals surface area contributed by atoms with Gasteiger partial charge in [0, 0.05) is 16.9 Å². The van der Waals surface area contributed by atoms with E-state index in [1.54, 1.807) is 0 Å². The Bertz CT molecular complexity index is 2860. The van der Waals surface area contributed by atoms with Crippen molar-refractivity contribution in [2.24, 2.45) is 10.9 Å². The maximum Gasteiger partial charge on any atom is 0.145 e. The zero-order valence-electron chi connectivity index (χ0n) is 33.8. The molecule has 10 rings (SSSR count). The van der Waals surface area contributed by atoms with Gasteiger partial charge in [-0.05, 0) is 104 Å². The van der Waals surface area contributed by atoms with Gasteiger partial charge in [-0.3, -0.25) is 4.99 Å². The second-order valence-electron chi connectivity index (χ2n) is 16.0. The summed E-state index contributed by atoms with van der Waals surface area (Å²) in [7, 11) is 0. The van der Waals surface area contributed by atoms with E-state index in [4.69, 9.17) is 4.99 Å². The quantitative estimate of drug-likeness (QED) is 0.153. The van der Waals surface area contributed by atoms with E-state index in [-0.39, 0.29) is 12.3 Å². The number of nitrogens with one attached hydrogen (secondary N) is 2. The highest BCUT2D eigenvalue weighted by Gasteiger charge is 2.32. The standard InChI is InChI=1S/C56H46N4/c1-38(2)56-59-51-28-11-12-29-54(51)60(56)48-25-15-23-46(36-48)45-22-13-20-43(34-45)39-30-32-40(33-31-39)44-21-14-24-47(35-44)55-57-52(42-18-7-4-8-19-42)37-53(58-55)50-27-10-9-26-49(50)41-16-5-3-6-17-41/h3-38,55-56,58-59H,1-2H3. The van der Waals surface area contributed by atoms with Gasteiger partial charge in [-0.15, -0.1) is 0 Å². The summed E-state index contributed by atoms with van der Waals surface area (Å²) < 4.78 is 0. The van der Waals surface area contributed by atoms with Crippen molar-refractivity contribution in [3.05, 3.63) is 229 Å². The number of rotatable bonds is 9. The van der Waals surface area contributed by atoms with Crippen molar-refractivity contribution >= 4 is 28.5 Å². The van der Waals surface area contributed by atoms with Gasteiger partial charge >= 0.3 is 0 Å². The van der Waals surface area contributed by atoms with Crippen molar-refractivity contribution in [3.8, 4) is 44.5 Å². The van der Waals surface area contributed by atoms with Gasteiger partial charge in [0.2, 0.25) is 0 Å². The fourth-order valence-corrected chi connectivity index (χ4v) is 8.60. The van der Waals surface area contributed by atoms with Crippen LogP contribution in [0.25, 0.3) is 50.2 Å². The number of hydrogen-bond donors (Lipinski definition) is 2. The van der Waals surface area contributed by atoms with Crippen LogP contribution in [0.2, 0.25) is 0 Å². The van der Waals surface area contributed by atoms with Crippen LogP contribution in [-0.4, -0.2) is 11.9 Å². The van der Waals surface area contributed by atoms with Gasteiger partial charge in [0.05, 0.1) is 17.1 Å². The van der Waals surface area contributed by atoms with Crippen molar-refractivity contribution in [2.75, 3.05) is 10.2 Å². The molecular weight excluding hydrogens is 729 g/mol. The molecule has 2 atom stereocenters. The summed E-state index contributed by atoms with van der Waals surface area (Å²) in [5, 5.41) is 7.57. The van der Waals surface area contributed by atoms with E-state index in [1.165, 1.54) is 50.4 Å². The van der Waals surface area contributed by atoms with Crippen molar-refractivity contribution in [1.82, 2.24) is 5.32 Å². The molecule has 2 unspecified atom stereocenters. The number of fused-ring (bicyclic) bond motifs is 1. The molecular formula is C56H46N4. The second kappa shape index (κ2) is 16.1. The van der Waals surface area contributed by atoms with Crippen LogP contribution in [0.1, 0.15) is 36.7 Å². The Morgan fingerprint density at radius 3 is 1.72 bits per heavy atom. The Morgan fingerprint density at radius 2 is 1.00 bits per heavy atom. The highest BCUT2D eigenvalue weighted by molar-refractivity contribution is 6.13. The molecule has 60 heavy (non-hydrogen) atoms. The summed E-state index contributed by atoms with van der Waals surface area (Å²) in [6.07, 6.45) is 2.12. The van der Waals surface area contributed by atoms with Crippen molar-refractivity contribution in [2.45, 2.75) is 26.2 Å². The molecule has 4 nitrogen and oxygen atoms in total. The molecule has 4 heteroatoms. The van der Waals surface area contributed by atoms with Gasteiger partial charge in [-0.2, -0.15) is 0 Å². The topological polar surface area (TPSA) is 39.7 Å². The first-order valence-corrected chi connectivity index (χ1v) is 20.9. The monoisotopic (exact) mass is 774 g/mol. The molecule has 0 aliphatic carbocycles. The second-order valence-corrected chi connectivity index (χ2v) is 16.0. The Morgan fingerprint density at radius 1 is 0.450 bits per heavy atom. The zero-order valence-corrected chi connectivity index (χ0v) is 33.8. The molecule has 2 heterocycles. The fourth-order valence-electron chi connectivity index (χ4n) is 8.60. The first-order valence-electron chi connectivity index (χ1n) is 20.9. The van der Waals surface area contributed by atoms with E-state index in [2.05, 4.69) is 242 Å². The Kier molecular flexibility index (Phi) is 9.88. The minimum Gasteiger partial charge on any atom is -0.363 e. The van der Waals surface area contributed by atoms with Crippen molar-refractivity contribution in [1.29, 1.82) is 0 Å². The molecule has 0 saturated heterocycles. The first kappa shape index (κ1) is 36.9. The molecule has 0 amide bonds. The van der Waals surface area contributed by atoms with E-state index < -0.39 is 0 Å². The van der Waals surface area contributed by atoms with Crippen LogP contribution >= 0.6 is 0 Å². The van der Waals surface area contributed by atoms with Crippen LogP contribution in [0.3, 0.4) is 0 Å². The molecule has 8 aromatic carbocycles. The lowest BCUT2D eigenvalue weighted by Gasteiger charge is -2.30. The summed E-state index contributed by atoms with van der Waals surface area (Å²) in [5.74, 6) is 0.429. The molecule has 8 aromatic rings. The van der Waals surface area contributed by atoms with Crippen molar-refractivity contribution < 1.29 is 0 Å². The van der Waals surface area contributed by atoms with Crippen LogP contribution in [-0.2, 0) is 0 Å². The summed E-state index contributed by atoms with van der Waals surface area (Å²) in [6.45, 7) is 4.55. The third kappa shape index (κ3) is 7.29. The largest absolute Gasteiger partial charge is 0.363 e. The molecule has 2 aliphatic rings. The first-order chi connectivity index (χ1) is 29.6. The zero-order chi connectivity index (χ0) is 40.4. The summed E-state index contributed by atoms with van der Waals surface area (Å²) in [6, 6.07) is 73.9. The van der Waals surface area contributed by atoms with Crippen LogP contribution in [0.4, 0.5) is 17.1 Å². The van der Waals surface area contributed by atoms with Gasteiger partial charge in [0.1, 0.15) is 12.3 Å². The van der Waals surface area contributed by atoms with Crippen LogP contribution in [0.15, 0.2) is 217 Å². The number of nitrogens with zero attached hydrogens (tertiary/aromatic N) is 2. The van der Waals surface area contributed by atoms with E-state index >= 15 is 0 Å². The Hall–Kier alpha value is -7.43. The van der Waals surface area contributed by atoms with Crippen LogP contribution in [0.5, 0.6) is 0 Å². The summed E-state index contributed by atoms with van der Waals surface area (Å²) >= 11 is 0. The van der Waals surface area contributed by atoms with Crippen LogP contribution < -0.4 is 15.5 Å². The third-order valence-electron chi connectivity index (χ3n) is 11.7. The van der Waals surface area contributed by atoms with Crippen LogP contribution in [0, 0.1) is 5.92 Å². The molecule has 0 fully saturated rings. The lowest BCUT2D eigenvalue weighted by atomic mass is 9.94. The molecule has 290 valence electrons. The number of benzene rings is 8. The molecule has 2 aliphatic heterocycles. The minimum absolute atomic E-state index is 0.193. The maximum absolute atomic E-state index is 5.29. The highest BCUT2D eigenvalue weighted by atomic mass is 15.3. The highest BCUT2D eigenvalue weighted by Crippen LogP contribution is 2.43. The average molecular weight is 775 g/mol. The molecule has 0 saturated carbocycles. The third-order valence-corrected chi connectivity index (χ3v) is 11.7. The normalized spacial score (nSPS) is 15.8. The number of anilines is 3. The van der Waals surface area contributed by atoms with E-state index in [0.29, 0.717) is 5.92 Å². The lowest BCUT2D eigenvalue weighted by Crippen LogP contribution is -2.36. The Labute approximate surface area is 353 Å². The van der Waals surface area contributed by atoms with Gasteiger partial charge in [-0.1, -0.05) is 184 Å². The van der Waals surface area contributed by atoms with E-state index in [9.17, 15) is 0 Å². The summed E-state index contributed by atoms with van der Waals surface area (Å²) in [5.41, 5.74) is 18.4. The minimum atomic E-state index is -0.266. The average Bonchev–Trinajstić information content (AvgIpc) is 3.73. The number of allylic oxidation sites excluding steroid dienone is 1. The predicted molar refractivity (Wildman–Crippen MR) is 252 cm³/mol. The maximum atomic E-state index is 5.29. The molecule has 2 N–H and O–H groups in total. The lowest BCUT2D eigenvalue weighted by molar-refractivity contribution is 0.543. The fraction of sp³-hybridized carbons (Fsp3) is 0.0893.